The van der Waals surface area contributed by atoms with E-state index in [-0.39, 0.29) is 17.6 Å². The first-order valence-corrected chi connectivity index (χ1v) is 13.6. The molecule has 0 radical (unpaired) electrons. The molecule has 2 aliphatic rings. The van der Waals surface area contributed by atoms with Gasteiger partial charge >= 0.3 is 5.97 Å². The van der Waals surface area contributed by atoms with Crippen molar-refractivity contribution in [1.82, 2.24) is 19.8 Å². The van der Waals surface area contributed by atoms with Crippen LogP contribution in [0.1, 0.15) is 42.5 Å². The zero-order chi connectivity index (χ0) is 28.3. The van der Waals surface area contributed by atoms with Crippen molar-refractivity contribution in [3.05, 3.63) is 58.3 Å². The normalized spacial score (nSPS) is 17.4. The van der Waals surface area contributed by atoms with E-state index in [1.54, 1.807) is 24.4 Å². The Balaban J connectivity index is 1.60. The molecule has 0 atom stereocenters. The smallest absolute Gasteiger partial charge is 0.331 e. The van der Waals surface area contributed by atoms with Crippen molar-refractivity contribution < 1.29 is 28.6 Å². The Labute approximate surface area is 230 Å². The summed E-state index contributed by atoms with van der Waals surface area (Å²) in [5.74, 6) is -2.33. The van der Waals surface area contributed by atoms with Gasteiger partial charge in [0.25, 0.3) is 11.5 Å². The van der Waals surface area contributed by atoms with Gasteiger partial charge in [0.15, 0.2) is 0 Å². The number of pyridine rings is 2. The Morgan fingerprint density at radius 1 is 1.10 bits per heavy atom. The molecule has 2 fully saturated rings. The van der Waals surface area contributed by atoms with E-state index in [0.29, 0.717) is 69.7 Å². The predicted octanol–water partition coefficient (Wildman–Crippen LogP) is 2.85. The molecule has 1 aliphatic carbocycles. The molecule has 1 saturated carbocycles. The number of aromatic nitrogens is 2. The van der Waals surface area contributed by atoms with Gasteiger partial charge < -0.3 is 19.9 Å². The lowest BCUT2D eigenvalue weighted by molar-refractivity contribution is -0.149. The molecule has 1 aromatic carbocycles. The largest absolute Gasteiger partial charge is 0.506 e. The van der Waals surface area contributed by atoms with Gasteiger partial charge in [-0.15, -0.1) is 0 Å². The van der Waals surface area contributed by atoms with Crippen molar-refractivity contribution in [2.45, 2.75) is 44.2 Å². The molecule has 3 aromatic rings. The summed E-state index contributed by atoms with van der Waals surface area (Å²) in [5, 5.41) is 14.3. The summed E-state index contributed by atoms with van der Waals surface area (Å²) in [7, 11) is 1.26. The number of morpholine rings is 1. The summed E-state index contributed by atoms with van der Waals surface area (Å²) < 4.78 is 25.3. The summed E-state index contributed by atoms with van der Waals surface area (Å²) in [6.07, 6.45) is 4.65. The van der Waals surface area contributed by atoms with Crippen LogP contribution in [0.4, 0.5) is 4.39 Å². The minimum Gasteiger partial charge on any atom is -0.506 e. The highest BCUT2D eigenvalue weighted by Gasteiger charge is 2.43. The second-order valence-electron chi connectivity index (χ2n) is 10.3. The summed E-state index contributed by atoms with van der Waals surface area (Å²) in [6, 6.07) is 7.43. The number of carbonyl (C=O) groups is 2. The summed E-state index contributed by atoms with van der Waals surface area (Å²) >= 11 is 0. The number of ether oxygens (including phenoxy) is 2. The van der Waals surface area contributed by atoms with Crippen LogP contribution in [0.25, 0.3) is 22.2 Å². The molecule has 1 amide bonds. The lowest BCUT2D eigenvalue weighted by Crippen LogP contribution is -2.56. The highest BCUT2D eigenvalue weighted by atomic mass is 19.1. The quantitative estimate of drug-likeness (QED) is 0.429. The first kappa shape index (κ1) is 27.7. The lowest BCUT2D eigenvalue weighted by Gasteiger charge is -2.35. The van der Waals surface area contributed by atoms with Gasteiger partial charge in [0, 0.05) is 37.9 Å². The summed E-state index contributed by atoms with van der Waals surface area (Å²) in [5.41, 5.74) is -0.983. The lowest BCUT2D eigenvalue weighted by atomic mass is 9.81. The maximum absolute atomic E-state index is 13.8. The van der Waals surface area contributed by atoms with E-state index in [1.807, 2.05) is 0 Å². The number of hydrogen-bond acceptors (Lipinski definition) is 8. The Bertz CT molecular complexity index is 1460. The molecule has 3 heterocycles. The number of rotatable bonds is 7. The summed E-state index contributed by atoms with van der Waals surface area (Å²) in [6.45, 7) is 3.34. The second kappa shape index (κ2) is 11.7. The van der Waals surface area contributed by atoms with Crippen LogP contribution in [0.5, 0.6) is 5.75 Å². The number of nitrogens with one attached hydrogen (secondary N) is 1. The molecule has 0 unspecified atom stereocenters. The van der Waals surface area contributed by atoms with E-state index in [0.717, 1.165) is 6.42 Å². The molecule has 5 rings (SSSR count). The Morgan fingerprint density at radius 2 is 1.80 bits per heavy atom. The average Bonchev–Trinajstić information content (AvgIpc) is 2.98. The van der Waals surface area contributed by atoms with Crippen molar-refractivity contribution >= 4 is 22.9 Å². The minimum absolute atomic E-state index is 0.198. The fraction of sp³-hybridized carbons (Fsp3) is 0.448. The highest BCUT2D eigenvalue weighted by Crippen LogP contribution is 2.33. The molecule has 1 aliphatic heterocycles. The first-order chi connectivity index (χ1) is 19.3. The van der Waals surface area contributed by atoms with E-state index >= 15 is 0 Å². The van der Waals surface area contributed by atoms with Gasteiger partial charge in [0.05, 0.1) is 25.7 Å². The molecule has 0 spiro atoms. The summed E-state index contributed by atoms with van der Waals surface area (Å²) in [4.78, 5) is 46.9. The number of halogens is 1. The number of esters is 1. The highest BCUT2D eigenvalue weighted by molar-refractivity contribution is 6.04. The number of methoxy groups -OCH3 is 1. The minimum atomic E-state index is -1.27. The van der Waals surface area contributed by atoms with Gasteiger partial charge in [0.2, 0.25) is 0 Å². The van der Waals surface area contributed by atoms with Crippen LogP contribution in [0.15, 0.2) is 41.3 Å². The topological polar surface area (TPSA) is 123 Å². The number of carbonyl (C=O) groups excluding carboxylic acids is 2. The molecule has 0 bridgehead atoms. The number of hydrogen-bond donors (Lipinski definition) is 2. The fourth-order valence-corrected chi connectivity index (χ4v) is 5.60. The Hall–Kier alpha value is -3.83. The molecular formula is C29H33FN4O6. The van der Waals surface area contributed by atoms with Crippen LogP contribution in [0, 0.1) is 5.82 Å². The van der Waals surface area contributed by atoms with Crippen molar-refractivity contribution in [1.29, 1.82) is 0 Å². The number of amides is 1. The van der Waals surface area contributed by atoms with Crippen molar-refractivity contribution in [3.63, 3.8) is 0 Å². The number of fused-ring (bicyclic) bond motifs is 1. The Morgan fingerprint density at radius 3 is 2.48 bits per heavy atom. The van der Waals surface area contributed by atoms with Crippen LogP contribution >= 0.6 is 0 Å². The maximum Gasteiger partial charge on any atom is 0.331 e. The molecule has 1 saturated heterocycles. The average molecular weight is 553 g/mol. The van der Waals surface area contributed by atoms with E-state index < -0.39 is 40.1 Å². The van der Waals surface area contributed by atoms with E-state index in [1.165, 1.54) is 23.8 Å². The van der Waals surface area contributed by atoms with Gasteiger partial charge in [-0.05, 0) is 36.6 Å². The van der Waals surface area contributed by atoms with Gasteiger partial charge in [-0.1, -0.05) is 31.4 Å². The zero-order valence-corrected chi connectivity index (χ0v) is 22.5. The van der Waals surface area contributed by atoms with E-state index in [2.05, 4.69) is 15.2 Å². The molecule has 10 nitrogen and oxygen atoms in total. The Kier molecular flexibility index (Phi) is 8.13. The number of benzene rings is 1. The second-order valence-corrected chi connectivity index (χ2v) is 10.3. The van der Waals surface area contributed by atoms with Crippen molar-refractivity contribution in [2.75, 3.05) is 40.0 Å². The van der Waals surface area contributed by atoms with E-state index in [9.17, 15) is 23.9 Å². The number of aromatic hydroxyl groups is 1. The predicted molar refractivity (Wildman–Crippen MR) is 146 cm³/mol. The van der Waals surface area contributed by atoms with Gasteiger partial charge in [-0.3, -0.25) is 19.1 Å². The van der Waals surface area contributed by atoms with Crippen LogP contribution in [-0.4, -0.2) is 76.9 Å². The monoisotopic (exact) mass is 552 g/mol. The molecule has 11 heteroatoms. The van der Waals surface area contributed by atoms with Crippen LogP contribution in [0.2, 0.25) is 0 Å². The van der Waals surface area contributed by atoms with Crippen LogP contribution in [0.3, 0.4) is 0 Å². The first-order valence-electron chi connectivity index (χ1n) is 13.6. The SMILES string of the molecule is COC(=O)C1(NC(=O)c2c(O)c3cc(-c4ccc(F)cc4)cnc3n(CCN3CCOCC3)c2=O)CCCCC1. The van der Waals surface area contributed by atoms with Crippen LogP contribution in [-0.2, 0) is 20.8 Å². The third kappa shape index (κ3) is 5.44. The third-order valence-electron chi connectivity index (χ3n) is 7.86. The fourth-order valence-electron chi connectivity index (χ4n) is 5.60. The van der Waals surface area contributed by atoms with Gasteiger partial charge in [-0.25, -0.2) is 14.2 Å². The van der Waals surface area contributed by atoms with Crippen molar-refractivity contribution in [3.8, 4) is 16.9 Å². The van der Waals surface area contributed by atoms with Gasteiger partial charge in [-0.2, -0.15) is 0 Å². The standard InChI is InChI=1S/C29H33FN4O6/c1-39-28(38)29(9-3-2-4-10-29)32-26(36)23-24(35)22-17-20(19-5-7-21(30)8-6-19)18-31-25(22)34(27(23)37)12-11-33-13-15-40-16-14-33/h5-8,17-18,35H,2-4,9-16H2,1H3,(H,32,36). The molecular weight excluding hydrogens is 519 g/mol. The molecule has 2 N–H and O–H groups in total. The molecule has 2 aromatic heterocycles. The maximum atomic E-state index is 13.8. The third-order valence-corrected chi connectivity index (χ3v) is 7.86. The molecule has 212 valence electrons. The van der Waals surface area contributed by atoms with Gasteiger partial charge in [0.1, 0.15) is 28.3 Å². The van der Waals surface area contributed by atoms with Crippen LogP contribution < -0.4 is 10.9 Å². The molecule has 40 heavy (non-hydrogen) atoms. The number of nitrogens with zero attached hydrogens (tertiary/aromatic N) is 3. The van der Waals surface area contributed by atoms with E-state index in [4.69, 9.17) is 9.47 Å². The van der Waals surface area contributed by atoms with Crippen molar-refractivity contribution in [2.24, 2.45) is 0 Å². The zero-order valence-electron chi connectivity index (χ0n) is 22.5.